The van der Waals surface area contributed by atoms with Gasteiger partial charge in [0.2, 0.25) is 11.8 Å². The van der Waals surface area contributed by atoms with Crippen LogP contribution in [0.1, 0.15) is 31.2 Å². The highest BCUT2D eigenvalue weighted by Crippen LogP contribution is 2.47. The van der Waals surface area contributed by atoms with Crippen molar-refractivity contribution in [2.75, 3.05) is 11.1 Å². The number of rotatable bonds is 3. The minimum absolute atomic E-state index is 0.0751. The quantitative estimate of drug-likeness (QED) is 0.902. The summed E-state index contributed by atoms with van der Waals surface area (Å²) >= 11 is 1.70. The minimum Gasteiger partial charge on any atom is -0.321 e. The molecule has 0 bridgehead atoms. The zero-order valence-electron chi connectivity index (χ0n) is 15.2. The summed E-state index contributed by atoms with van der Waals surface area (Å²) in [5, 5.41) is 7.60. The number of hydrogen-bond acceptors (Lipinski definition) is 4. The van der Waals surface area contributed by atoms with Crippen molar-refractivity contribution in [3.63, 3.8) is 0 Å². The van der Waals surface area contributed by atoms with E-state index in [2.05, 4.69) is 17.3 Å². The van der Waals surface area contributed by atoms with Crippen molar-refractivity contribution >= 4 is 29.3 Å². The Labute approximate surface area is 156 Å². The summed E-state index contributed by atoms with van der Waals surface area (Å²) in [5.41, 5.74) is 3.32. The van der Waals surface area contributed by atoms with Gasteiger partial charge < -0.3 is 10.2 Å². The number of thioether (sulfide) groups is 1. The number of carbonyl (C=O) groups excluding carboxylic acids is 2. The third-order valence-electron chi connectivity index (χ3n) is 5.29. The molecule has 2 aliphatic heterocycles. The molecule has 2 atom stereocenters. The van der Waals surface area contributed by atoms with Gasteiger partial charge in [0.1, 0.15) is 6.04 Å². The van der Waals surface area contributed by atoms with E-state index < -0.39 is 6.04 Å². The van der Waals surface area contributed by atoms with Gasteiger partial charge in [-0.2, -0.15) is 5.10 Å². The van der Waals surface area contributed by atoms with E-state index >= 15 is 0 Å². The van der Waals surface area contributed by atoms with E-state index in [0.717, 1.165) is 29.2 Å². The topological polar surface area (TPSA) is 67.2 Å². The normalized spacial score (nSPS) is 24.8. The van der Waals surface area contributed by atoms with Crippen molar-refractivity contribution in [2.24, 2.45) is 0 Å². The molecule has 2 aromatic rings. The maximum Gasteiger partial charge on any atom is 0.248 e. The molecule has 26 heavy (non-hydrogen) atoms. The van der Waals surface area contributed by atoms with Crippen LogP contribution in [0.4, 0.5) is 5.69 Å². The molecule has 0 saturated carbocycles. The van der Waals surface area contributed by atoms with Gasteiger partial charge >= 0.3 is 0 Å². The van der Waals surface area contributed by atoms with Crippen LogP contribution in [0.2, 0.25) is 0 Å². The summed E-state index contributed by atoms with van der Waals surface area (Å²) in [4.78, 5) is 26.7. The highest BCUT2D eigenvalue weighted by atomic mass is 32.2. The summed E-state index contributed by atoms with van der Waals surface area (Å²) in [7, 11) is 0. The first kappa shape index (κ1) is 17.1. The highest BCUT2D eigenvalue weighted by Gasteiger charge is 2.53. The summed E-state index contributed by atoms with van der Waals surface area (Å²) in [6.07, 6.45) is 1.33. The number of hydrogen-bond donors (Lipinski definition) is 1. The van der Waals surface area contributed by atoms with E-state index in [9.17, 15) is 9.59 Å². The monoisotopic (exact) mass is 370 g/mol. The lowest BCUT2D eigenvalue weighted by molar-refractivity contribution is -0.135. The standard InChI is InChI=1S/C19H22N4O2S/c1-12-17(13(2)23(21-12)14-7-5-4-6-8-14)20-18(25)15-11-26-19(3)10-9-16(24)22(15)19/h4-8,15H,9-11H2,1-3H3,(H,20,25)/t15-,19-/m0/s1. The number of aromatic nitrogens is 2. The predicted molar refractivity (Wildman–Crippen MR) is 102 cm³/mol. The van der Waals surface area contributed by atoms with Crippen LogP contribution in [0.3, 0.4) is 0 Å². The van der Waals surface area contributed by atoms with E-state index in [1.165, 1.54) is 0 Å². The van der Waals surface area contributed by atoms with E-state index in [4.69, 9.17) is 0 Å². The van der Waals surface area contributed by atoms with Gasteiger partial charge in [-0.15, -0.1) is 11.8 Å². The molecule has 0 aliphatic carbocycles. The molecule has 3 heterocycles. The zero-order valence-corrected chi connectivity index (χ0v) is 16.0. The number of anilines is 1. The number of benzene rings is 1. The molecule has 2 saturated heterocycles. The molecular formula is C19H22N4O2S. The molecule has 2 amide bonds. The molecule has 2 aliphatic rings. The number of nitrogens with zero attached hydrogens (tertiary/aromatic N) is 3. The van der Waals surface area contributed by atoms with Gasteiger partial charge in [-0.25, -0.2) is 4.68 Å². The number of para-hydroxylation sites is 1. The van der Waals surface area contributed by atoms with Crippen LogP contribution in [-0.2, 0) is 9.59 Å². The molecule has 2 fully saturated rings. The van der Waals surface area contributed by atoms with Crippen LogP contribution in [0.5, 0.6) is 0 Å². The Bertz CT molecular complexity index is 879. The molecule has 136 valence electrons. The van der Waals surface area contributed by atoms with E-state index in [-0.39, 0.29) is 16.7 Å². The van der Waals surface area contributed by atoms with Gasteiger partial charge in [-0.05, 0) is 39.3 Å². The fraction of sp³-hybridized carbons (Fsp3) is 0.421. The van der Waals surface area contributed by atoms with Crippen LogP contribution >= 0.6 is 11.8 Å². The van der Waals surface area contributed by atoms with Crippen molar-refractivity contribution in [1.29, 1.82) is 0 Å². The van der Waals surface area contributed by atoms with Gasteiger partial charge in [-0.3, -0.25) is 9.59 Å². The van der Waals surface area contributed by atoms with Gasteiger partial charge in [0.25, 0.3) is 0 Å². The molecule has 6 nitrogen and oxygen atoms in total. The van der Waals surface area contributed by atoms with Gasteiger partial charge in [0.05, 0.1) is 27.6 Å². The summed E-state index contributed by atoms with van der Waals surface area (Å²) in [6.45, 7) is 5.88. The second-order valence-corrected chi connectivity index (χ2v) is 8.55. The molecule has 1 N–H and O–H groups in total. The first-order valence-electron chi connectivity index (χ1n) is 8.79. The Morgan fingerprint density at radius 2 is 2.04 bits per heavy atom. The Morgan fingerprint density at radius 3 is 2.77 bits per heavy atom. The number of amides is 2. The Morgan fingerprint density at radius 1 is 1.31 bits per heavy atom. The molecule has 4 rings (SSSR count). The van der Waals surface area contributed by atoms with Crippen LogP contribution in [-0.4, -0.2) is 43.2 Å². The number of aryl methyl sites for hydroxylation is 1. The molecule has 0 unspecified atom stereocenters. The lowest BCUT2D eigenvalue weighted by atomic mass is 10.2. The maximum absolute atomic E-state index is 12.9. The van der Waals surface area contributed by atoms with Gasteiger partial charge in [0.15, 0.2) is 0 Å². The second kappa shape index (κ2) is 6.16. The van der Waals surface area contributed by atoms with E-state index in [1.807, 2.05) is 48.9 Å². The summed E-state index contributed by atoms with van der Waals surface area (Å²) in [5.74, 6) is 0.584. The highest BCUT2D eigenvalue weighted by molar-refractivity contribution is 8.01. The van der Waals surface area contributed by atoms with E-state index in [1.54, 1.807) is 16.7 Å². The fourth-order valence-electron chi connectivity index (χ4n) is 3.87. The maximum atomic E-state index is 12.9. The number of nitrogens with one attached hydrogen (secondary N) is 1. The largest absolute Gasteiger partial charge is 0.321 e. The molecule has 0 spiro atoms. The minimum atomic E-state index is -0.418. The first-order valence-corrected chi connectivity index (χ1v) is 9.78. The van der Waals surface area contributed by atoms with Crippen LogP contribution in [0, 0.1) is 13.8 Å². The van der Waals surface area contributed by atoms with Crippen molar-refractivity contribution in [2.45, 2.75) is 44.5 Å². The molecular weight excluding hydrogens is 348 g/mol. The average Bonchev–Trinajstić information content (AvgIpc) is 3.22. The van der Waals surface area contributed by atoms with Crippen molar-refractivity contribution in [1.82, 2.24) is 14.7 Å². The van der Waals surface area contributed by atoms with Crippen molar-refractivity contribution in [3.8, 4) is 5.69 Å². The fourth-order valence-corrected chi connectivity index (χ4v) is 5.30. The average molecular weight is 370 g/mol. The SMILES string of the molecule is Cc1nn(-c2ccccc2)c(C)c1NC(=O)[C@@H]1CS[C@@]2(C)CCC(=O)N12. The predicted octanol–water partition coefficient (Wildman–Crippen LogP) is 2.88. The summed E-state index contributed by atoms with van der Waals surface area (Å²) < 4.78 is 1.83. The Hall–Kier alpha value is -2.28. The third-order valence-corrected chi connectivity index (χ3v) is 6.79. The Balaban J connectivity index is 1.59. The second-order valence-electron chi connectivity index (χ2n) is 7.05. The van der Waals surface area contributed by atoms with Crippen molar-refractivity contribution < 1.29 is 9.59 Å². The zero-order chi connectivity index (χ0) is 18.5. The molecule has 1 aromatic heterocycles. The summed E-state index contributed by atoms with van der Waals surface area (Å²) in [6, 6.07) is 9.41. The number of carbonyl (C=O) groups is 2. The van der Waals surface area contributed by atoms with Gasteiger partial charge in [-0.1, -0.05) is 18.2 Å². The molecule has 1 aromatic carbocycles. The Kier molecular flexibility index (Phi) is 4.06. The van der Waals surface area contributed by atoms with Gasteiger partial charge in [0, 0.05) is 12.2 Å². The smallest absolute Gasteiger partial charge is 0.248 e. The lowest BCUT2D eigenvalue weighted by Crippen LogP contribution is -2.48. The third kappa shape index (κ3) is 2.61. The van der Waals surface area contributed by atoms with E-state index in [0.29, 0.717) is 12.2 Å². The first-order chi connectivity index (χ1) is 12.4. The lowest BCUT2D eigenvalue weighted by Gasteiger charge is -2.29. The van der Waals surface area contributed by atoms with Crippen LogP contribution < -0.4 is 5.32 Å². The molecule has 0 radical (unpaired) electrons. The van der Waals surface area contributed by atoms with Crippen LogP contribution in [0.15, 0.2) is 30.3 Å². The van der Waals surface area contributed by atoms with Crippen molar-refractivity contribution in [3.05, 3.63) is 41.7 Å². The molecule has 7 heteroatoms. The van der Waals surface area contributed by atoms with Crippen LogP contribution in [0.25, 0.3) is 5.69 Å². The number of fused-ring (bicyclic) bond motifs is 1.